The van der Waals surface area contributed by atoms with E-state index in [-0.39, 0.29) is 13.4 Å². The monoisotopic (exact) mass is 918 g/mol. The van der Waals surface area contributed by atoms with Gasteiger partial charge in [0.25, 0.3) is 13.4 Å². The molecule has 0 aromatic heterocycles. The normalized spacial score (nSPS) is 13.3. The van der Waals surface area contributed by atoms with Crippen LogP contribution >= 0.6 is 0 Å². The van der Waals surface area contributed by atoms with Crippen LogP contribution < -0.4 is 52.1 Å². The van der Waals surface area contributed by atoms with Crippen LogP contribution in [0.4, 0.5) is 34.1 Å². The lowest BCUT2D eigenvalue weighted by Gasteiger charge is -2.42. The van der Waals surface area contributed by atoms with E-state index in [2.05, 4.69) is 220 Å². The first kappa shape index (κ1) is 43.3. The van der Waals surface area contributed by atoms with Crippen LogP contribution in [0.5, 0.6) is 23.0 Å². The Labute approximate surface area is 419 Å². The first-order chi connectivity index (χ1) is 34.8. The summed E-state index contributed by atoms with van der Waals surface area (Å²) in [5.41, 5.74) is 25.2. The zero-order valence-electron chi connectivity index (χ0n) is 41.4. The molecule has 0 amide bonds. The Kier molecular flexibility index (Phi) is 10.6. The second kappa shape index (κ2) is 17.3. The Morgan fingerprint density at radius 2 is 0.831 bits per heavy atom. The summed E-state index contributed by atoms with van der Waals surface area (Å²) in [5.74, 6) is 3.43. The zero-order chi connectivity index (χ0) is 47.9. The average molecular weight is 919 g/mol. The molecule has 0 saturated heterocycles. The van der Waals surface area contributed by atoms with Crippen molar-refractivity contribution in [2.24, 2.45) is 0 Å². The van der Waals surface area contributed by atoms with E-state index in [9.17, 15) is 0 Å². The summed E-state index contributed by atoms with van der Waals surface area (Å²) in [6, 6.07) is 66.3. The van der Waals surface area contributed by atoms with E-state index < -0.39 is 0 Å². The Bertz CT molecular complexity index is 3550. The van der Waals surface area contributed by atoms with Gasteiger partial charge in [-0.25, -0.2) is 0 Å². The molecule has 0 saturated carbocycles. The van der Waals surface area contributed by atoms with Gasteiger partial charge in [-0.2, -0.15) is 0 Å². The van der Waals surface area contributed by atoms with Crippen molar-refractivity contribution >= 4 is 80.3 Å². The third-order valence-electron chi connectivity index (χ3n) is 15.5. The Morgan fingerprint density at radius 1 is 0.366 bits per heavy atom. The maximum absolute atomic E-state index is 7.33. The molecular formula is C65H56B2N2O2. The second-order valence-corrected chi connectivity index (χ2v) is 20.4. The van der Waals surface area contributed by atoms with Gasteiger partial charge in [0, 0.05) is 40.2 Å². The highest BCUT2D eigenvalue weighted by Crippen LogP contribution is 2.47. The Balaban J connectivity index is 1.02. The molecule has 344 valence electrons. The van der Waals surface area contributed by atoms with E-state index >= 15 is 0 Å². The van der Waals surface area contributed by atoms with Gasteiger partial charge in [-0.05, 0) is 173 Å². The summed E-state index contributed by atoms with van der Waals surface area (Å²) in [5, 5.41) is 0. The molecule has 6 heteroatoms. The van der Waals surface area contributed by atoms with Gasteiger partial charge in [0.1, 0.15) is 23.0 Å². The summed E-state index contributed by atoms with van der Waals surface area (Å²) in [7, 11) is 0. The molecule has 0 fully saturated rings. The molecule has 0 spiro atoms. The van der Waals surface area contributed by atoms with Crippen molar-refractivity contribution in [1.82, 2.24) is 0 Å². The molecule has 0 aliphatic carbocycles. The minimum Gasteiger partial charge on any atom is -0.458 e. The van der Waals surface area contributed by atoms with E-state index in [1.54, 1.807) is 0 Å². The summed E-state index contributed by atoms with van der Waals surface area (Å²) in [4.78, 5) is 4.96. The summed E-state index contributed by atoms with van der Waals surface area (Å²) in [6.07, 6.45) is 6.90. The van der Waals surface area contributed by atoms with Gasteiger partial charge >= 0.3 is 0 Å². The molecule has 9 aromatic carbocycles. The van der Waals surface area contributed by atoms with Crippen molar-refractivity contribution in [1.29, 1.82) is 0 Å². The lowest BCUT2D eigenvalue weighted by molar-refractivity contribution is 0.466. The molecule has 4 aliphatic heterocycles. The summed E-state index contributed by atoms with van der Waals surface area (Å²) < 4.78 is 14.7. The fourth-order valence-electron chi connectivity index (χ4n) is 11.8. The number of rotatable bonds is 10. The number of nitrogens with zero attached hydrogens (tertiary/aromatic N) is 2. The summed E-state index contributed by atoms with van der Waals surface area (Å²) >= 11 is 0. The van der Waals surface area contributed by atoms with Gasteiger partial charge in [-0.15, -0.1) is 0 Å². The molecule has 0 N–H and O–H groups in total. The van der Waals surface area contributed by atoms with Crippen molar-refractivity contribution in [3.05, 3.63) is 204 Å². The van der Waals surface area contributed by atoms with Crippen molar-refractivity contribution in [3.63, 3.8) is 0 Å². The van der Waals surface area contributed by atoms with E-state index in [1.807, 2.05) is 0 Å². The molecule has 13 rings (SSSR count). The molecule has 0 unspecified atom stereocenters. The molecule has 71 heavy (non-hydrogen) atoms. The highest BCUT2D eigenvalue weighted by Gasteiger charge is 2.47. The minimum atomic E-state index is -0.0811. The number of hydrogen-bond donors (Lipinski definition) is 0. The molecule has 0 radical (unpaired) electrons. The smallest absolute Gasteiger partial charge is 0.256 e. The lowest BCUT2D eigenvalue weighted by Crippen LogP contribution is -2.63. The Hall–Kier alpha value is -7.69. The number of anilines is 6. The van der Waals surface area contributed by atoms with Gasteiger partial charge in [0.05, 0.1) is 0 Å². The predicted molar refractivity (Wildman–Crippen MR) is 300 cm³/mol. The van der Waals surface area contributed by atoms with Gasteiger partial charge in [0.15, 0.2) is 0 Å². The molecular weight excluding hydrogens is 862 g/mol. The zero-order valence-corrected chi connectivity index (χ0v) is 41.4. The number of benzene rings is 9. The molecule has 4 aliphatic rings. The van der Waals surface area contributed by atoms with Crippen molar-refractivity contribution in [2.45, 2.75) is 73.1 Å². The number of aryl methyl sites for hydroxylation is 5. The fraction of sp³-hybridized carbons (Fsp3) is 0.169. The van der Waals surface area contributed by atoms with E-state index in [0.29, 0.717) is 0 Å². The van der Waals surface area contributed by atoms with Gasteiger partial charge in [-0.1, -0.05) is 153 Å². The molecule has 9 aromatic rings. The molecule has 4 heterocycles. The number of unbranched alkanes of at least 4 members (excludes halogenated alkanes) is 2. The maximum atomic E-state index is 7.33. The van der Waals surface area contributed by atoms with Crippen LogP contribution in [-0.2, 0) is 12.8 Å². The van der Waals surface area contributed by atoms with Crippen molar-refractivity contribution in [2.75, 3.05) is 9.80 Å². The van der Waals surface area contributed by atoms with Crippen LogP contribution in [0.3, 0.4) is 0 Å². The lowest BCUT2D eigenvalue weighted by atomic mass is 9.31. The topological polar surface area (TPSA) is 24.9 Å². The van der Waals surface area contributed by atoms with E-state index in [4.69, 9.17) is 9.47 Å². The summed E-state index contributed by atoms with van der Waals surface area (Å²) in [6.45, 7) is 10.9. The predicted octanol–water partition coefficient (Wildman–Crippen LogP) is 13.4. The van der Waals surface area contributed by atoms with Crippen LogP contribution in [0.25, 0.3) is 22.3 Å². The first-order valence-corrected chi connectivity index (χ1v) is 25.8. The molecule has 4 nitrogen and oxygen atoms in total. The average Bonchev–Trinajstić information content (AvgIpc) is 3.40. The largest absolute Gasteiger partial charge is 0.458 e. The fourth-order valence-corrected chi connectivity index (χ4v) is 11.8. The van der Waals surface area contributed by atoms with E-state index in [1.165, 1.54) is 86.7 Å². The Morgan fingerprint density at radius 3 is 1.34 bits per heavy atom. The van der Waals surface area contributed by atoms with Crippen LogP contribution in [0.15, 0.2) is 176 Å². The van der Waals surface area contributed by atoms with E-state index in [0.717, 1.165) is 91.8 Å². The highest BCUT2D eigenvalue weighted by atomic mass is 16.5. The van der Waals surface area contributed by atoms with Crippen LogP contribution in [0.2, 0.25) is 0 Å². The van der Waals surface area contributed by atoms with Crippen molar-refractivity contribution in [3.8, 4) is 45.3 Å². The standard InChI is InChI=1S/C65H56B2N2O2/c1-6-8-12-44-21-29-50(30-22-44)68-56-15-11-10-14-52(56)66-54-39-55-61(40-60(54)70-62-37-48(35-58(68)64(62)66)46-25-16-41(3)17-26-46)71-63-38-49(47-27-18-42(4)19-28-47)36-59-65(63)67(55)53-34-43(5)20-33-57(53)69(59)51-31-23-45(24-32-51)13-9-7-2/h10-11,14-40H,6-9,12-13H2,1-5H3. The first-order valence-electron chi connectivity index (χ1n) is 25.8. The third kappa shape index (κ3) is 7.29. The second-order valence-electron chi connectivity index (χ2n) is 20.4. The van der Waals surface area contributed by atoms with Crippen molar-refractivity contribution < 1.29 is 9.47 Å². The maximum Gasteiger partial charge on any atom is 0.256 e. The van der Waals surface area contributed by atoms with Crippen LogP contribution in [-0.4, -0.2) is 13.4 Å². The van der Waals surface area contributed by atoms with Gasteiger partial charge in [0.2, 0.25) is 0 Å². The number of hydrogen-bond acceptors (Lipinski definition) is 4. The number of fused-ring (bicyclic) bond motifs is 8. The quantitative estimate of drug-likeness (QED) is 0.128. The molecule has 0 bridgehead atoms. The molecule has 0 atom stereocenters. The number of para-hydroxylation sites is 1. The van der Waals surface area contributed by atoms with Crippen LogP contribution in [0, 0.1) is 20.8 Å². The SMILES string of the molecule is CCCCc1ccc(N2c3ccccc3B3c4cc5c(cc4Oc4cc(-c6ccc(C)cc6)cc2c43)Oc2cc(-c3ccc(C)cc3)cc3c2B5c2cc(C)ccc2N3c2ccc(CCCC)cc2)cc1. The minimum absolute atomic E-state index is 0.0783. The van der Waals surface area contributed by atoms with Crippen LogP contribution in [0.1, 0.15) is 67.3 Å². The van der Waals surface area contributed by atoms with Gasteiger partial charge in [-0.3, -0.25) is 0 Å². The highest BCUT2D eigenvalue weighted by molar-refractivity contribution is 7.02. The van der Waals surface area contributed by atoms with Gasteiger partial charge < -0.3 is 19.3 Å². The number of ether oxygens (including phenoxy) is 2. The third-order valence-corrected chi connectivity index (χ3v) is 15.5.